The Morgan fingerprint density at radius 1 is 1.26 bits per heavy atom. The number of hydrogen-bond donors (Lipinski definition) is 0. The Morgan fingerprint density at radius 3 is 2.37 bits per heavy atom. The highest BCUT2D eigenvalue weighted by Crippen LogP contribution is 2.16. The molecule has 0 N–H and O–H groups in total. The van der Waals surface area contributed by atoms with Gasteiger partial charge in [0, 0.05) is 52.4 Å². The molecule has 0 atom stereocenters. The lowest BCUT2D eigenvalue weighted by Crippen LogP contribution is -2.51. The summed E-state index contributed by atoms with van der Waals surface area (Å²) < 4.78 is 5.18. The van der Waals surface area contributed by atoms with Crippen LogP contribution in [0.25, 0.3) is 0 Å². The van der Waals surface area contributed by atoms with Crippen LogP contribution in [-0.4, -0.2) is 66.2 Å². The zero-order valence-corrected chi connectivity index (χ0v) is 12.1. The molecule has 0 radical (unpaired) electrons. The third kappa shape index (κ3) is 3.07. The summed E-state index contributed by atoms with van der Waals surface area (Å²) in [6.45, 7) is 8.11. The quantitative estimate of drug-likeness (QED) is 0.804. The van der Waals surface area contributed by atoms with Crippen molar-refractivity contribution in [2.45, 2.75) is 20.4 Å². The zero-order chi connectivity index (χ0) is 14.0. The first-order chi connectivity index (χ1) is 8.99. The fourth-order valence-electron chi connectivity index (χ4n) is 2.33. The molecule has 0 bridgehead atoms. The highest BCUT2D eigenvalue weighted by molar-refractivity contribution is 5.73. The Morgan fingerprint density at radius 2 is 1.89 bits per heavy atom. The Bertz CT molecular complexity index is 428. The normalized spacial score (nSPS) is 16.7. The number of urea groups is 1. The van der Waals surface area contributed by atoms with E-state index in [1.165, 1.54) is 5.56 Å². The van der Waals surface area contributed by atoms with Gasteiger partial charge >= 0.3 is 6.03 Å². The topological polar surface area (TPSA) is 52.8 Å². The first-order valence-corrected chi connectivity index (χ1v) is 6.59. The zero-order valence-electron chi connectivity index (χ0n) is 12.1. The summed E-state index contributed by atoms with van der Waals surface area (Å²) in [5.41, 5.74) is 2.14. The maximum Gasteiger partial charge on any atom is 0.319 e. The van der Waals surface area contributed by atoms with Crippen LogP contribution >= 0.6 is 0 Å². The third-order valence-electron chi connectivity index (χ3n) is 3.59. The number of aryl methyl sites for hydroxylation is 2. The molecule has 2 amide bonds. The summed E-state index contributed by atoms with van der Waals surface area (Å²) in [6.07, 6.45) is 0. The van der Waals surface area contributed by atoms with Gasteiger partial charge in [0.1, 0.15) is 5.76 Å². The van der Waals surface area contributed by atoms with Crippen LogP contribution in [0.1, 0.15) is 17.0 Å². The maximum atomic E-state index is 11.8. The standard InChI is InChI=1S/C13H22N4O2/c1-10-12(11(2)19-14-10)9-16-5-7-17(8-6-16)13(18)15(3)4/h5-9H2,1-4H3. The molecule has 6 nitrogen and oxygen atoms in total. The molecule has 19 heavy (non-hydrogen) atoms. The number of carbonyl (C=O) groups excluding carboxylic acids is 1. The minimum absolute atomic E-state index is 0.0944. The van der Waals surface area contributed by atoms with Crippen LogP contribution in [0.4, 0.5) is 4.79 Å². The predicted octanol–water partition coefficient (Wildman–Crippen LogP) is 1.09. The fourth-order valence-corrected chi connectivity index (χ4v) is 2.33. The van der Waals surface area contributed by atoms with Gasteiger partial charge in [-0.05, 0) is 13.8 Å². The molecule has 1 aliphatic rings. The van der Waals surface area contributed by atoms with Crippen molar-refractivity contribution in [1.82, 2.24) is 19.9 Å². The lowest BCUT2D eigenvalue weighted by Gasteiger charge is -2.35. The van der Waals surface area contributed by atoms with Crippen molar-refractivity contribution >= 4 is 6.03 Å². The molecule has 106 valence electrons. The summed E-state index contributed by atoms with van der Waals surface area (Å²) >= 11 is 0. The molecule has 2 rings (SSSR count). The Balaban J connectivity index is 1.89. The van der Waals surface area contributed by atoms with Crippen molar-refractivity contribution < 1.29 is 9.32 Å². The van der Waals surface area contributed by atoms with Gasteiger partial charge in [0.25, 0.3) is 0 Å². The smallest absolute Gasteiger partial charge is 0.319 e. The van der Waals surface area contributed by atoms with Crippen molar-refractivity contribution in [1.29, 1.82) is 0 Å². The second-order valence-corrected chi connectivity index (χ2v) is 5.24. The highest BCUT2D eigenvalue weighted by Gasteiger charge is 2.23. The van der Waals surface area contributed by atoms with Crippen LogP contribution in [0.2, 0.25) is 0 Å². The lowest BCUT2D eigenvalue weighted by molar-refractivity contribution is 0.119. The van der Waals surface area contributed by atoms with Crippen LogP contribution in [-0.2, 0) is 6.54 Å². The molecule has 1 saturated heterocycles. The number of rotatable bonds is 2. The second-order valence-electron chi connectivity index (χ2n) is 5.24. The summed E-state index contributed by atoms with van der Waals surface area (Å²) in [7, 11) is 3.58. The number of carbonyl (C=O) groups is 1. The Hall–Kier alpha value is -1.56. The fraction of sp³-hybridized carbons (Fsp3) is 0.692. The largest absolute Gasteiger partial charge is 0.361 e. The molecule has 0 saturated carbocycles. The van der Waals surface area contributed by atoms with Gasteiger partial charge in [0.15, 0.2) is 0 Å². The van der Waals surface area contributed by atoms with Crippen LogP contribution in [0, 0.1) is 13.8 Å². The molecule has 1 aromatic rings. The van der Waals surface area contributed by atoms with Gasteiger partial charge in [0.2, 0.25) is 0 Å². The molecular weight excluding hydrogens is 244 g/mol. The minimum Gasteiger partial charge on any atom is -0.361 e. The number of amides is 2. The summed E-state index contributed by atoms with van der Waals surface area (Å²) in [5.74, 6) is 0.893. The van der Waals surface area contributed by atoms with Gasteiger partial charge in [-0.1, -0.05) is 5.16 Å². The van der Waals surface area contributed by atoms with E-state index in [4.69, 9.17) is 4.52 Å². The van der Waals surface area contributed by atoms with Gasteiger partial charge in [-0.15, -0.1) is 0 Å². The van der Waals surface area contributed by atoms with E-state index in [1.54, 1.807) is 19.0 Å². The van der Waals surface area contributed by atoms with E-state index in [1.807, 2.05) is 18.7 Å². The number of piperazine rings is 1. The average molecular weight is 266 g/mol. The van der Waals surface area contributed by atoms with E-state index >= 15 is 0 Å². The van der Waals surface area contributed by atoms with Crippen LogP contribution in [0.5, 0.6) is 0 Å². The molecule has 6 heteroatoms. The van der Waals surface area contributed by atoms with Gasteiger partial charge < -0.3 is 14.3 Å². The summed E-state index contributed by atoms with van der Waals surface area (Å²) in [6, 6.07) is 0.0944. The second kappa shape index (κ2) is 5.61. The van der Waals surface area contributed by atoms with E-state index in [0.717, 1.165) is 44.2 Å². The van der Waals surface area contributed by atoms with Crippen LogP contribution in [0.3, 0.4) is 0 Å². The molecule has 2 heterocycles. The number of nitrogens with zero attached hydrogens (tertiary/aromatic N) is 4. The molecule has 1 aliphatic heterocycles. The van der Waals surface area contributed by atoms with Crippen molar-refractivity contribution in [3.63, 3.8) is 0 Å². The summed E-state index contributed by atoms with van der Waals surface area (Å²) in [5, 5.41) is 3.98. The third-order valence-corrected chi connectivity index (χ3v) is 3.59. The number of hydrogen-bond acceptors (Lipinski definition) is 4. The van der Waals surface area contributed by atoms with E-state index in [0.29, 0.717) is 0 Å². The van der Waals surface area contributed by atoms with E-state index in [2.05, 4.69) is 10.1 Å². The van der Waals surface area contributed by atoms with Crippen LogP contribution in [0.15, 0.2) is 4.52 Å². The molecular formula is C13H22N4O2. The Kier molecular flexibility index (Phi) is 4.09. The molecule has 1 fully saturated rings. The highest BCUT2D eigenvalue weighted by atomic mass is 16.5. The summed E-state index contributed by atoms with van der Waals surface area (Å²) in [4.78, 5) is 17.7. The van der Waals surface area contributed by atoms with E-state index in [9.17, 15) is 4.79 Å². The van der Waals surface area contributed by atoms with Crippen LogP contribution < -0.4 is 0 Å². The van der Waals surface area contributed by atoms with Crippen molar-refractivity contribution in [2.75, 3.05) is 40.3 Å². The van der Waals surface area contributed by atoms with Gasteiger partial charge in [-0.2, -0.15) is 0 Å². The lowest BCUT2D eigenvalue weighted by atomic mass is 10.2. The molecule has 0 spiro atoms. The van der Waals surface area contributed by atoms with Crippen molar-refractivity contribution in [2.24, 2.45) is 0 Å². The molecule has 0 aromatic carbocycles. The average Bonchev–Trinajstić information content (AvgIpc) is 2.70. The number of aromatic nitrogens is 1. The SMILES string of the molecule is Cc1noc(C)c1CN1CCN(C(=O)N(C)C)CC1. The van der Waals surface area contributed by atoms with E-state index < -0.39 is 0 Å². The van der Waals surface area contributed by atoms with Crippen molar-refractivity contribution in [3.8, 4) is 0 Å². The van der Waals surface area contributed by atoms with Crippen molar-refractivity contribution in [3.05, 3.63) is 17.0 Å². The predicted molar refractivity (Wildman–Crippen MR) is 71.9 cm³/mol. The van der Waals surface area contributed by atoms with Gasteiger partial charge in [-0.3, -0.25) is 4.90 Å². The maximum absolute atomic E-state index is 11.8. The van der Waals surface area contributed by atoms with Gasteiger partial charge in [0.05, 0.1) is 5.69 Å². The molecule has 0 unspecified atom stereocenters. The van der Waals surface area contributed by atoms with Gasteiger partial charge in [-0.25, -0.2) is 4.79 Å². The van der Waals surface area contributed by atoms with E-state index in [-0.39, 0.29) is 6.03 Å². The molecule has 1 aromatic heterocycles. The first-order valence-electron chi connectivity index (χ1n) is 6.59. The monoisotopic (exact) mass is 266 g/mol. The first kappa shape index (κ1) is 13.9. The Labute approximate surface area is 113 Å². The minimum atomic E-state index is 0.0944. The molecule has 0 aliphatic carbocycles.